The number of hydrogen-bond acceptors (Lipinski definition) is 6. The van der Waals surface area contributed by atoms with Crippen LogP contribution in [0.25, 0.3) is 0 Å². The number of benzene rings is 1. The molecule has 0 radical (unpaired) electrons. The van der Waals surface area contributed by atoms with E-state index in [0.717, 1.165) is 43.3 Å². The number of nitrogens with one attached hydrogen (secondary N) is 1. The summed E-state index contributed by atoms with van der Waals surface area (Å²) < 4.78 is 17.8. The Morgan fingerprint density at radius 3 is 2.52 bits per heavy atom. The quantitative estimate of drug-likeness (QED) is 0.513. The van der Waals surface area contributed by atoms with Crippen LogP contribution in [0.3, 0.4) is 0 Å². The first kappa shape index (κ1) is 24.9. The van der Waals surface area contributed by atoms with Gasteiger partial charge in [-0.2, -0.15) is 4.37 Å². The van der Waals surface area contributed by atoms with Crippen molar-refractivity contribution in [2.75, 3.05) is 10.6 Å². The first-order valence-electron chi connectivity index (χ1n) is 10.7. The fourth-order valence-electron chi connectivity index (χ4n) is 3.96. The van der Waals surface area contributed by atoms with E-state index < -0.39 is 23.7 Å². The second-order valence-corrected chi connectivity index (χ2v) is 9.73. The molecule has 1 atom stereocenters. The van der Waals surface area contributed by atoms with Crippen molar-refractivity contribution in [1.29, 1.82) is 0 Å². The molecule has 1 saturated carbocycles. The van der Waals surface area contributed by atoms with Crippen molar-refractivity contribution in [2.24, 2.45) is 11.7 Å². The predicted octanol–water partition coefficient (Wildman–Crippen LogP) is 3.74. The Kier molecular flexibility index (Phi) is 7.91. The summed E-state index contributed by atoms with van der Waals surface area (Å²) in [5, 5.41) is 2.85. The molecule has 8 nitrogen and oxygen atoms in total. The Balaban J connectivity index is 2.08. The minimum Gasteiger partial charge on any atom is -0.395 e. The molecule has 178 valence electrons. The lowest BCUT2D eigenvalue weighted by molar-refractivity contribution is -0.123. The summed E-state index contributed by atoms with van der Waals surface area (Å²) in [6.45, 7) is 3.87. The van der Waals surface area contributed by atoms with Crippen LogP contribution < -0.4 is 21.7 Å². The summed E-state index contributed by atoms with van der Waals surface area (Å²) >= 11 is 6.72. The van der Waals surface area contributed by atoms with E-state index in [4.69, 9.17) is 23.1 Å². The minimum absolute atomic E-state index is 0.0355. The number of aromatic nitrogens is 1. The lowest BCUT2D eigenvalue weighted by Crippen LogP contribution is -2.52. The summed E-state index contributed by atoms with van der Waals surface area (Å²) in [5.74, 6) is -2.43. The molecule has 1 fully saturated rings. The van der Waals surface area contributed by atoms with Crippen molar-refractivity contribution < 1.29 is 18.8 Å². The fraction of sp³-hybridized carbons (Fsp3) is 0.455. The number of hydrogen-bond donors (Lipinski definition) is 3. The molecule has 0 aliphatic heterocycles. The number of nitrogens with zero attached hydrogens (tertiary/aromatic N) is 2. The molecule has 3 amide bonds. The molecule has 0 bridgehead atoms. The molecule has 1 aliphatic carbocycles. The van der Waals surface area contributed by atoms with Crippen molar-refractivity contribution in [3.8, 4) is 0 Å². The Labute approximate surface area is 200 Å². The standard InChI is InChI=1S/C22H27ClFN5O3S/c1-11(2)9-16(21(31)27-12-5-3-4-6-12)29(13-7-8-15(24)14(23)10-13)22(32)19-17(25)18(20(26)30)28-33-19/h7-8,10-12,16H,3-6,9,25H2,1-2H3,(H2,26,30)(H,27,31)/t16-/m1/s1. The van der Waals surface area contributed by atoms with Gasteiger partial charge in [0.25, 0.3) is 11.8 Å². The van der Waals surface area contributed by atoms with Gasteiger partial charge < -0.3 is 16.8 Å². The third kappa shape index (κ3) is 5.62. The molecule has 33 heavy (non-hydrogen) atoms. The molecule has 1 aliphatic rings. The number of nitrogens with two attached hydrogens (primary N) is 2. The Morgan fingerprint density at radius 1 is 1.30 bits per heavy atom. The van der Waals surface area contributed by atoms with Gasteiger partial charge in [0.05, 0.1) is 10.7 Å². The Bertz CT molecular complexity index is 1050. The van der Waals surface area contributed by atoms with Gasteiger partial charge >= 0.3 is 0 Å². The van der Waals surface area contributed by atoms with Crippen LogP contribution >= 0.6 is 23.1 Å². The Morgan fingerprint density at radius 2 is 1.97 bits per heavy atom. The monoisotopic (exact) mass is 495 g/mol. The zero-order valence-corrected chi connectivity index (χ0v) is 20.0. The topological polar surface area (TPSA) is 131 Å². The van der Waals surface area contributed by atoms with Crippen molar-refractivity contribution in [1.82, 2.24) is 9.69 Å². The van der Waals surface area contributed by atoms with Gasteiger partial charge in [0.1, 0.15) is 16.7 Å². The van der Waals surface area contributed by atoms with E-state index in [1.165, 1.54) is 17.0 Å². The van der Waals surface area contributed by atoms with Gasteiger partial charge in [0, 0.05) is 11.7 Å². The molecular formula is C22H27ClFN5O3S. The summed E-state index contributed by atoms with van der Waals surface area (Å²) in [6, 6.07) is 2.91. The minimum atomic E-state index is -0.918. The average Bonchev–Trinajstić information content (AvgIpc) is 3.39. The molecule has 1 heterocycles. The highest BCUT2D eigenvalue weighted by molar-refractivity contribution is 7.09. The van der Waals surface area contributed by atoms with Crippen LogP contribution in [-0.4, -0.2) is 34.2 Å². The molecule has 0 saturated heterocycles. The highest BCUT2D eigenvalue weighted by atomic mass is 35.5. The second-order valence-electron chi connectivity index (χ2n) is 8.55. The van der Waals surface area contributed by atoms with Crippen LogP contribution in [0.4, 0.5) is 15.8 Å². The van der Waals surface area contributed by atoms with E-state index in [-0.39, 0.29) is 44.8 Å². The van der Waals surface area contributed by atoms with Gasteiger partial charge in [-0.15, -0.1) is 0 Å². The van der Waals surface area contributed by atoms with E-state index in [2.05, 4.69) is 9.69 Å². The second kappa shape index (κ2) is 10.5. The van der Waals surface area contributed by atoms with Gasteiger partial charge in [0.2, 0.25) is 5.91 Å². The summed E-state index contributed by atoms with van der Waals surface area (Å²) in [5.41, 5.74) is 11.2. The number of rotatable bonds is 8. The van der Waals surface area contributed by atoms with Crippen molar-refractivity contribution in [3.05, 3.63) is 39.6 Å². The Hall–Kier alpha value is -2.72. The number of halogens is 2. The summed E-state index contributed by atoms with van der Waals surface area (Å²) in [7, 11) is 0. The molecule has 2 aromatic rings. The van der Waals surface area contributed by atoms with Crippen LogP contribution in [0.15, 0.2) is 18.2 Å². The zero-order valence-electron chi connectivity index (χ0n) is 18.4. The van der Waals surface area contributed by atoms with E-state index in [1.54, 1.807) is 0 Å². The highest BCUT2D eigenvalue weighted by Gasteiger charge is 2.36. The summed E-state index contributed by atoms with van der Waals surface area (Å²) in [6.07, 6.45) is 4.15. The maximum absolute atomic E-state index is 13.9. The van der Waals surface area contributed by atoms with Crippen LogP contribution in [0, 0.1) is 11.7 Å². The van der Waals surface area contributed by atoms with Gasteiger partial charge in [0.15, 0.2) is 5.69 Å². The van der Waals surface area contributed by atoms with Crippen LogP contribution in [0.1, 0.15) is 66.1 Å². The third-order valence-corrected chi connectivity index (χ3v) is 6.71. The predicted molar refractivity (Wildman–Crippen MR) is 127 cm³/mol. The number of anilines is 2. The van der Waals surface area contributed by atoms with E-state index >= 15 is 0 Å². The first-order chi connectivity index (χ1) is 15.6. The number of carbonyl (C=O) groups excluding carboxylic acids is 3. The molecule has 11 heteroatoms. The lowest BCUT2D eigenvalue weighted by atomic mass is 9.99. The number of carbonyl (C=O) groups is 3. The van der Waals surface area contributed by atoms with Crippen molar-refractivity contribution in [2.45, 2.75) is 58.0 Å². The highest BCUT2D eigenvalue weighted by Crippen LogP contribution is 2.31. The smallest absolute Gasteiger partial charge is 0.272 e. The van der Waals surface area contributed by atoms with Crippen LogP contribution in [0.5, 0.6) is 0 Å². The van der Waals surface area contributed by atoms with Crippen molar-refractivity contribution >= 4 is 52.2 Å². The van der Waals surface area contributed by atoms with E-state index in [9.17, 15) is 18.8 Å². The van der Waals surface area contributed by atoms with E-state index in [0.29, 0.717) is 6.42 Å². The van der Waals surface area contributed by atoms with Crippen molar-refractivity contribution in [3.63, 3.8) is 0 Å². The number of primary amides is 1. The third-order valence-electron chi connectivity index (χ3n) is 5.57. The molecule has 0 spiro atoms. The number of amides is 3. The maximum Gasteiger partial charge on any atom is 0.272 e. The van der Waals surface area contributed by atoms with E-state index in [1.807, 2.05) is 13.8 Å². The van der Waals surface area contributed by atoms with Gasteiger partial charge in [-0.3, -0.25) is 19.3 Å². The molecule has 5 N–H and O–H groups in total. The average molecular weight is 496 g/mol. The van der Waals surface area contributed by atoms with Crippen LogP contribution in [-0.2, 0) is 4.79 Å². The normalized spacial score (nSPS) is 14.9. The largest absolute Gasteiger partial charge is 0.395 e. The molecule has 0 unspecified atom stereocenters. The van der Waals surface area contributed by atoms with Gasteiger partial charge in [-0.25, -0.2) is 4.39 Å². The molecule has 1 aromatic carbocycles. The maximum atomic E-state index is 13.9. The SMILES string of the molecule is CC(C)C[C@H](C(=O)NC1CCCC1)N(C(=O)c1snc(C(N)=O)c1N)c1ccc(F)c(Cl)c1. The lowest BCUT2D eigenvalue weighted by Gasteiger charge is -2.33. The fourth-order valence-corrected chi connectivity index (χ4v) is 4.87. The summed E-state index contributed by atoms with van der Waals surface area (Å²) in [4.78, 5) is 39.9. The molecule has 1 aromatic heterocycles. The van der Waals surface area contributed by atoms with Gasteiger partial charge in [-0.05, 0) is 54.9 Å². The number of nitrogen functional groups attached to an aromatic ring is 1. The molecule has 3 rings (SSSR count). The molecular weight excluding hydrogens is 469 g/mol. The first-order valence-corrected chi connectivity index (χ1v) is 11.9. The van der Waals surface area contributed by atoms with Crippen LogP contribution in [0.2, 0.25) is 5.02 Å². The van der Waals surface area contributed by atoms with Gasteiger partial charge in [-0.1, -0.05) is 38.3 Å². The zero-order chi connectivity index (χ0) is 24.3.